The molecule has 0 saturated heterocycles. The number of hydrogen-bond acceptors (Lipinski definition) is 0. The van der Waals surface area contributed by atoms with Gasteiger partial charge in [0, 0.05) is 10.2 Å². The number of hydrogen-bond donors (Lipinski definition) is 0. The van der Waals surface area contributed by atoms with Crippen LogP contribution in [0.1, 0.15) is 32.6 Å². The Morgan fingerprint density at radius 2 is 2.12 bits per heavy atom. The Hall–Kier alpha value is 0.217. The van der Waals surface area contributed by atoms with Crippen molar-refractivity contribution < 1.29 is 0 Å². The highest BCUT2D eigenvalue weighted by Crippen LogP contribution is 2.01. The molecule has 0 unspecified atom stereocenters. The Morgan fingerprint density at radius 1 is 1.38 bits per heavy atom. The second-order valence-electron chi connectivity index (χ2n) is 2.19. The van der Waals surface area contributed by atoms with Crippen LogP contribution in [-0.4, -0.2) is 10.2 Å². The molecule has 0 saturated carbocycles. The van der Waals surface area contributed by atoms with Gasteiger partial charge >= 0.3 is 0 Å². The summed E-state index contributed by atoms with van der Waals surface area (Å²) in [5, 5.41) is 0. The molecule has 0 amide bonds. The Balaban J connectivity index is 2.53. The van der Waals surface area contributed by atoms with E-state index in [1.807, 2.05) is 0 Å². The molecule has 0 atom stereocenters. The molecule has 0 aliphatic carbocycles. The molecule has 8 heavy (non-hydrogen) atoms. The quantitative estimate of drug-likeness (QED) is 0.390. The molecule has 0 aromatic heterocycles. The van der Waals surface area contributed by atoms with Crippen LogP contribution in [0.2, 0.25) is 6.04 Å². The molecule has 1 heteroatoms. The van der Waals surface area contributed by atoms with Crippen molar-refractivity contribution in [3.63, 3.8) is 0 Å². The summed E-state index contributed by atoms with van der Waals surface area (Å²) >= 11 is 0. The number of rotatable bonds is 5. The maximum atomic E-state index is 2.42. The zero-order valence-corrected chi connectivity index (χ0v) is 8.11. The van der Waals surface area contributed by atoms with E-state index in [-0.39, 0.29) is 0 Å². The van der Waals surface area contributed by atoms with Gasteiger partial charge in [0.15, 0.2) is 0 Å². The summed E-state index contributed by atoms with van der Waals surface area (Å²) in [5.74, 6) is 0. The van der Waals surface area contributed by atoms with Gasteiger partial charge < -0.3 is 0 Å². The second kappa shape index (κ2) is 7.22. The van der Waals surface area contributed by atoms with Gasteiger partial charge in [-0.3, -0.25) is 0 Å². The van der Waals surface area contributed by atoms with E-state index in [1.165, 1.54) is 42.0 Å². The molecule has 49 valence electrons. The summed E-state index contributed by atoms with van der Waals surface area (Å²) in [6.45, 7) is 2.25. The second-order valence-corrected chi connectivity index (χ2v) is 3.01. The first-order valence-corrected chi connectivity index (χ1v) is 5.14. The van der Waals surface area contributed by atoms with Gasteiger partial charge in [0.2, 0.25) is 0 Å². The van der Waals surface area contributed by atoms with Crippen molar-refractivity contribution in [1.82, 2.24) is 0 Å². The smallest absolute Gasteiger partial charge is 0.00316 e. The summed E-state index contributed by atoms with van der Waals surface area (Å²) < 4.78 is 0. The first-order valence-electron chi connectivity index (χ1n) is 3.73. The van der Waals surface area contributed by atoms with Crippen LogP contribution >= 0.6 is 0 Å². The van der Waals surface area contributed by atoms with Crippen molar-refractivity contribution in [2.24, 2.45) is 0 Å². The van der Waals surface area contributed by atoms with Crippen molar-refractivity contribution in [2.75, 3.05) is 0 Å². The van der Waals surface area contributed by atoms with Gasteiger partial charge in [-0.2, -0.15) is 0 Å². The van der Waals surface area contributed by atoms with Crippen molar-refractivity contribution in [2.45, 2.75) is 38.7 Å². The minimum Gasteiger partial charge on any atom is -0.0654 e. The zero-order chi connectivity index (χ0) is 6.24. The van der Waals surface area contributed by atoms with E-state index in [4.69, 9.17) is 0 Å². The van der Waals surface area contributed by atoms with E-state index in [0.717, 1.165) is 0 Å². The molecule has 0 aromatic carbocycles. The predicted octanol–water partition coefficient (Wildman–Crippen LogP) is 1.55. The first-order chi connectivity index (χ1) is 3.91. The minimum atomic E-state index is 1.35. The van der Waals surface area contributed by atoms with Crippen LogP contribution in [0.25, 0.3) is 0 Å². The van der Waals surface area contributed by atoms with Crippen molar-refractivity contribution in [1.29, 1.82) is 0 Å². The van der Waals surface area contributed by atoms with Crippen molar-refractivity contribution >= 4 is 10.2 Å². The third kappa shape index (κ3) is 6.22. The molecule has 0 nitrogen and oxygen atoms in total. The van der Waals surface area contributed by atoms with Crippen LogP contribution in [-0.2, 0) is 0 Å². The minimum absolute atomic E-state index is 1.35. The zero-order valence-electron chi connectivity index (χ0n) is 6.11. The van der Waals surface area contributed by atoms with Crippen LogP contribution in [0, 0.1) is 6.42 Å². The average Bonchev–Trinajstić information content (AvgIpc) is 1.81. The highest BCUT2D eigenvalue weighted by Gasteiger charge is 1.83. The average molecular weight is 129 g/mol. The Kier molecular flexibility index (Phi) is 7.41. The highest BCUT2D eigenvalue weighted by molar-refractivity contribution is 6.09. The summed E-state index contributed by atoms with van der Waals surface area (Å²) in [6.07, 6.45) is 7.96. The van der Waals surface area contributed by atoms with E-state index in [2.05, 4.69) is 13.3 Å². The lowest BCUT2D eigenvalue weighted by atomic mass is 10.2. The maximum absolute atomic E-state index is 2.42. The Bertz CT molecular complexity index is 29.4. The van der Waals surface area contributed by atoms with Gasteiger partial charge in [0.05, 0.1) is 0 Å². The standard InChI is InChI=1S/C7H17Si/c1-2-3-4-5-6-7-8/h6H,2-5,7H2,1,8H3. The lowest BCUT2D eigenvalue weighted by Crippen LogP contribution is -1.76. The van der Waals surface area contributed by atoms with Gasteiger partial charge in [-0.1, -0.05) is 38.7 Å². The molecule has 0 N–H and O–H groups in total. The molecule has 0 aromatic rings. The van der Waals surface area contributed by atoms with E-state index >= 15 is 0 Å². The lowest BCUT2D eigenvalue weighted by molar-refractivity contribution is 0.710. The third-order valence-electron chi connectivity index (χ3n) is 1.30. The fraction of sp³-hybridized carbons (Fsp3) is 0.857. The van der Waals surface area contributed by atoms with Gasteiger partial charge in [-0.25, -0.2) is 0 Å². The van der Waals surface area contributed by atoms with Crippen LogP contribution in [0.3, 0.4) is 0 Å². The lowest BCUT2D eigenvalue weighted by Gasteiger charge is -1.93. The normalized spacial score (nSPS) is 10.1. The van der Waals surface area contributed by atoms with Crippen LogP contribution < -0.4 is 0 Å². The largest absolute Gasteiger partial charge is 0.0654 e. The van der Waals surface area contributed by atoms with E-state index in [9.17, 15) is 0 Å². The fourth-order valence-electron chi connectivity index (χ4n) is 0.743. The van der Waals surface area contributed by atoms with Crippen LogP contribution in [0.15, 0.2) is 0 Å². The van der Waals surface area contributed by atoms with Gasteiger partial charge in [-0.15, -0.1) is 0 Å². The van der Waals surface area contributed by atoms with Gasteiger partial charge in [-0.05, 0) is 6.42 Å². The van der Waals surface area contributed by atoms with Crippen LogP contribution in [0.5, 0.6) is 0 Å². The van der Waals surface area contributed by atoms with E-state index < -0.39 is 0 Å². The summed E-state index contributed by atoms with van der Waals surface area (Å²) in [6, 6.07) is 1.38. The summed E-state index contributed by atoms with van der Waals surface area (Å²) in [5.41, 5.74) is 0. The SMILES string of the molecule is CCCCC[CH]C[SiH3]. The monoisotopic (exact) mass is 129 g/mol. The molecule has 0 heterocycles. The molecule has 1 radical (unpaired) electrons. The molecular weight excluding hydrogens is 112 g/mol. The van der Waals surface area contributed by atoms with Crippen LogP contribution in [0.4, 0.5) is 0 Å². The summed E-state index contributed by atoms with van der Waals surface area (Å²) in [7, 11) is 1.35. The summed E-state index contributed by atoms with van der Waals surface area (Å²) in [4.78, 5) is 0. The molecule has 0 spiro atoms. The van der Waals surface area contributed by atoms with Crippen molar-refractivity contribution in [3.8, 4) is 0 Å². The topological polar surface area (TPSA) is 0 Å². The highest BCUT2D eigenvalue weighted by atomic mass is 28.1. The van der Waals surface area contributed by atoms with E-state index in [0.29, 0.717) is 0 Å². The fourth-order valence-corrected chi connectivity index (χ4v) is 1.15. The molecule has 0 fully saturated rings. The Labute approximate surface area is 56.1 Å². The molecule has 0 aliphatic rings. The van der Waals surface area contributed by atoms with E-state index in [1.54, 1.807) is 0 Å². The Morgan fingerprint density at radius 3 is 2.62 bits per heavy atom. The molecule has 0 bridgehead atoms. The maximum Gasteiger partial charge on any atom is 0.00316 e. The van der Waals surface area contributed by atoms with Gasteiger partial charge in [0.25, 0.3) is 0 Å². The first kappa shape index (κ1) is 8.22. The molecule has 0 aliphatic heterocycles. The van der Waals surface area contributed by atoms with Crippen molar-refractivity contribution in [3.05, 3.63) is 6.42 Å². The molecule has 0 rings (SSSR count). The third-order valence-corrected chi connectivity index (χ3v) is 1.88. The van der Waals surface area contributed by atoms with Gasteiger partial charge in [0.1, 0.15) is 0 Å². The molecular formula is C7H17Si. The number of unbranched alkanes of at least 4 members (excludes halogenated alkanes) is 4. The predicted molar refractivity (Wildman–Crippen MR) is 43.2 cm³/mol.